The second-order valence-electron chi connectivity index (χ2n) is 5.42. The topological polar surface area (TPSA) is 29.1 Å². The number of halogens is 1. The Hall–Kier alpha value is -1.02. The normalized spacial score (nSPS) is 12.2. The van der Waals surface area contributed by atoms with Crippen molar-refractivity contribution in [3.05, 3.63) is 35.4 Å². The van der Waals surface area contributed by atoms with Crippen molar-refractivity contribution in [1.82, 2.24) is 5.32 Å². The molecule has 1 aromatic carbocycles. The minimum Gasteiger partial charge on any atom is -0.356 e. The molecule has 0 aliphatic rings. The van der Waals surface area contributed by atoms with E-state index in [1.54, 1.807) is 0 Å². The molecule has 0 saturated heterocycles. The fourth-order valence-electron chi connectivity index (χ4n) is 2.27. The van der Waals surface area contributed by atoms with Crippen LogP contribution < -0.4 is 5.32 Å². The molecule has 112 valence electrons. The third-order valence-corrected chi connectivity index (χ3v) is 3.78. The van der Waals surface area contributed by atoms with Gasteiger partial charge in [-0.1, -0.05) is 43.2 Å². The molecule has 1 amide bonds. The summed E-state index contributed by atoms with van der Waals surface area (Å²) in [6.07, 6.45) is 4.61. The average molecular weight is 296 g/mol. The van der Waals surface area contributed by atoms with E-state index < -0.39 is 0 Å². The minimum atomic E-state index is 0.140. The largest absolute Gasteiger partial charge is 0.356 e. The maximum Gasteiger partial charge on any atom is 0.220 e. The van der Waals surface area contributed by atoms with Gasteiger partial charge in [0.05, 0.1) is 0 Å². The minimum absolute atomic E-state index is 0.140. The van der Waals surface area contributed by atoms with Crippen LogP contribution in [0.4, 0.5) is 0 Å². The molecule has 0 fully saturated rings. The van der Waals surface area contributed by atoms with Gasteiger partial charge in [0.15, 0.2) is 0 Å². The van der Waals surface area contributed by atoms with E-state index in [2.05, 4.69) is 43.4 Å². The number of hydrogen-bond acceptors (Lipinski definition) is 1. The SMILES string of the molecule is CCCC(CCCl)CNC(=O)CCc1ccc(C)cc1. The second kappa shape index (κ2) is 9.82. The van der Waals surface area contributed by atoms with Crippen LogP contribution in [0.25, 0.3) is 0 Å². The van der Waals surface area contributed by atoms with Crippen molar-refractivity contribution in [1.29, 1.82) is 0 Å². The Morgan fingerprint density at radius 1 is 1.25 bits per heavy atom. The molecule has 3 heteroatoms. The Labute approximate surface area is 127 Å². The monoisotopic (exact) mass is 295 g/mol. The molecule has 1 N–H and O–H groups in total. The third-order valence-electron chi connectivity index (χ3n) is 3.56. The maximum atomic E-state index is 11.9. The molecule has 0 aliphatic heterocycles. The first-order valence-electron chi connectivity index (χ1n) is 7.54. The summed E-state index contributed by atoms with van der Waals surface area (Å²) in [5.74, 6) is 1.33. The fourth-order valence-corrected chi connectivity index (χ4v) is 2.58. The van der Waals surface area contributed by atoms with Gasteiger partial charge in [0.2, 0.25) is 5.91 Å². The Kier molecular flexibility index (Phi) is 8.36. The lowest BCUT2D eigenvalue weighted by molar-refractivity contribution is -0.121. The number of aryl methyl sites for hydroxylation is 2. The van der Waals surface area contributed by atoms with Gasteiger partial charge in [0.1, 0.15) is 0 Å². The molecular weight excluding hydrogens is 270 g/mol. The van der Waals surface area contributed by atoms with E-state index in [9.17, 15) is 4.79 Å². The van der Waals surface area contributed by atoms with Crippen LogP contribution in [0.1, 0.15) is 43.7 Å². The Morgan fingerprint density at radius 3 is 2.55 bits per heavy atom. The summed E-state index contributed by atoms with van der Waals surface area (Å²) in [4.78, 5) is 11.9. The fraction of sp³-hybridized carbons (Fsp3) is 0.588. The number of amides is 1. The van der Waals surface area contributed by atoms with Crippen molar-refractivity contribution in [3.63, 3.8) is 0 Å². The molecule has 1 rings (SSSR count). The Bertz CT molecular complexity index is 382. The van der Waals surface area contributed by atoms with Crippen LogP contribution >= 0.6 is 11.6 Å². The number of carbonyl (C=O) groups is 1. The molecule has 1 unspecified atom stereocenters. The standard InChI is InChI=1S/C17H26ClNO/c1-3-4-16(11-12-18)13-19-17(20)10-9-15-7-5-14(2)6-8-15/h5-8,16H,3-4,9-13H2,1-2H3,(H,19,20). The molecule has 0 aromatic heterocycles. The Morgan fingerprint density at radius 2 is 1.95 bits per heavy atom. The summed E-state index contributed by atoms with van der Waals surface area (Å²) in [6.45, 7) is 5.00. The van der Waals surface area contributed by atoms with Crippen LogP contribution in [-0.4, -0.2) is 18.3 Å². The maximum absolute atomic E-state index is 11.9. The molecule has 0 spiro atoms. The zero-order valence-electron chi connectivity index (χ0n) is 12.6. The molecule has 0 saturated carbocycles. The van der Waals surface area contributed by atoms with Gasteiger partial charge in [-0.2, -0.15) is 0 Å². The highest BCUT2D eigenvalue weighted by atomic mass is 35.5. The van der Waals surface area contributed by atoms with Crippen molar-refractivity contribution in [2.75, 3.05) is 12.4 Å². The van der Waals surface area contributed by atoms with E-state index >= 15 is 0 Å². The highest BCUT2D eigenvalue weighted by Gasteiger charge is 2.09. The number of hydrogen-bond donors (Lipinski definition) is 1. The van der Waals surface area contributed by atoms with Gasteiger partial charge in [0, 0.05) is 18.8 Å². The number of benzene rings is 1. The summed E-state index contributed by atoms with van der Waals surface area (Å²) < 4.78 is 0. The number of nitrogens with one attached hydrogen (secondary N) is 1. The molecule has 1 aromatic rings. The highest BCUT2D eigenvalue weighted by molar-refractivity contribution is 6.17. The molecule has 20 heavy (non-hydrogen) atoms. The van der Waals surface area contributed by atoms with E-state index in [-0.39, 0.29) is 5.91 Å². The van der Waals surface area contributed by atoms with Gasteiger partial charge >= 0.3 is 0 Å². The summed E-state index contributed by atoms with van der Waals surface area (Å²) in [5, 5.41) is 3.04. The number of alkyl halides is 1. The third kappa shape index (κ3) is 6.95. The predicted molar refractivity (Wildman–Crippen MR) is 86.2 cm³/mol. The van der Waals surface area contributed by atoms with Crippen LogP contribution in [0.15, 0.2) is 24.3 Å². The van der Waals surface area contributed by atoms with E-state index in [0.29, 0.717) is 18.2 Å². The smallest absolute Gasteiger partial charge is 0.220 e. The molecular formula is C17H26ClNO. The van der Waals surface area contributed by atoms with Gasteiger partial charge in [0.25, 0.3) is 0 Å². The molecule has 0 heterocycles. The summed E-state index contributed by atoms with van der Waals surface area (Å²) in [5.41, 5.74) is 2.47. The van der Waals surface area contributed by atoms with Crippen molar-refractivity contribution >= 4 is 17.5 Å². The molecule has 1 atom stereocenters. The van der Waals surface area contributed by atoms with Crippen LogP contribution in [0, 0.1) is 12.8 Å². The second-order valence-corrected chi connectivity index (χ2v) is 5.80. The number of carbonyl (C=O) groups excluding carboxylic acids is 1. The summed E-state index contributed by atoms with van der Waals surface area (Å²) in [6, 6.07) is 8.36. The van der Waals surface area contributed by atoms with Crippen molar-refractivity contribution in [2.24, 2.45) is 5.92 Å². The number of rotatable bonds is 9. The van der Waals surface area contributed by atoms with Crippen molar-refractivity contribution < 1.29 is 4.79 Å². The van der Waals surface area contributed by atoms with Gasteiger partial charge < -0.3 is 5.32 Å². The lowest BCUT2D eigenvalue weighted by atomic mass is 10.0. The van der Waals surface area contributed by atoms with Gasteiger partial charge in [-0.25, -0.2) is 0 Å². The van der Waals surface area contributed by atoms with Gasteiger partial charge in [-0.3, -0.25) is 4.79 Å². The first-order chi connectivity index (χ1) is 9.65. The molecule has 0 aliphatic carbocycles. The van der Waals surface area contributed by atoms with Crippen LogP contribution in [-0.2, 0) is 11.2 Å². The average Bonchev–Trinajstić information content (AvgIpc) is 2.44. The molecule has 2 nitrogen and oxygen atoms in total. The van der Waals surface area contributed by atoms with Gasteiger partial charge in [-0.05, 0) is 37.7 Å². The van der Waals surface area contributed by atoms with E-state index in [1.165, 1.54) is 11.1 Å². The van der Waals surface area contributed by atoms with Crippen molar-refractivity contribution in [3.8, 4) is 0 Å². The summed E-state index contributed by atoms with van der Waals surface area (Å²) >= 11 is 5.79. The lowest BCUT2D eigenvalue weighted by Crippen LogP contribution is -2.29. The van der Waals surface area contributed by atoms with E-state index in [4.69, 9.17) is 11.6 Å². The first-order valence-corrected chi connectivity index (χ1v) is 8.07. The van der Waals surface area contributed by atoms with E-state index in [0.717, 1.165) is 32.2 Å². The molecule has 0 bridgehead atoms. The first kappa shape index (κ1) is 17.0. The highest BCUT2D eigenvalue weighted by Crippen LogP contribution is 2.11. The van der Waals surface area contributed by atoms with Crippen LogP contribution in [0.5, 0.6) is 0 Å². The summed E-state index contributed by atoms with van der Waals surface area (Å²) in [7, 11) is 0. The van der Waals surface area contributed by atoms with E-state index in [1.807, 2.05) is 0 Å². The zero-order valence-corrected chi connectivity index (χ0v) is 13.4. The van der Waals surface area contributed by atoms with Crippen LogP contribution in [0.3, 0.4) is 0 Å². The van der Waals surface area contributed by atoms with Crippen molar-refractivity contribution in [2.45, 2.75) is 46.0 Å². The quantitative estimate of drug-likeness (QED) is 0.683. The van der Waals surface area contributed by atoms with Gasteiger partial charge in [-0.15, -0.1) is 11.6 Å². The Balaban J connectivity index is 2.27. The molecule has 0 radical (unpaired) electrons. The zero-order chi connectivity index (χ0) is 14.8. The van der Waals surface area contributed by atoms with Crippen LogP contribution in [0.2, 0.25) is 0 Å². The predicted octanol–water partition coefficient (Wildman–Crippen LogP) is 4.09. The lowest BCUT2D eigenvalue weighted by Gasteiger charge is -2.15.